The molecule has 15 heavy (non-hydrogen) atoms. The lowest BCUT2D eigenvalue weighted by Gasteiger charge is -2.09. The van der Waals surface area contributed by atoms with Gasteiger partial charge in [0.1, 0.15) is 6.04 Å². The standard InChI is InChI=1S/C10H12N2O3/c1-15-10(14)8(11)6-2-4-7(5-3-6)9(12)13/h2-5,8H,11H2,1H3,(H2,12,13). The summed E-state index contributed by atoms with van der Waals surface area (Å²) in [6.45, 7) is 0. The number of primary amides is 1. The molecule has 4 N–H and O–H groups in total. The molecule has 1 aromatic carbocycles. The molecule has 80 valence electrons. The molecule has 0 fully saturated rings. The first-order valence-corrected chi connectivity index (χ1v) is 4.29. The summed E-state index contributed by atoms with van der Waals surface area (Å²) < 4.78 is 4.49. The van der Waals surface area contributed by atoms with Crippen LogP contribution in [0.1, 0.15) is 22.0 Å². The van der Waals surface area contributed by atoms with E-state index >= 15 is 0 Å². The third-order valence-corrected chi connectivity index (χ3v) is 2.01. The molecule has 0 bridgehead atoms. The summed E-state index contributed by atoms with van der Waals surface area (Å²) >= 11 is 0. The Bertz CT molecular complexity index is 373. The molecule has 0 aliphatic heterocycles. The summed E-state index contributed by atoms with van der Waals surface area (Å²) in [6.07, 6.45) is 0. The number of carbonyl (C=O) groups excluding carboxylic acids is 2. The Morgan fingerprint density at radius 1 is 1.27 bits per heavy atom. The molecule has 5 nitrogen and oxygen atoms in total. The van der Waals surface area contributed by atoms with Crippen LogP contribution in [0.5, 0.6) is 0 Å². The highest BCUT2D eigenvalue weighted by atomic mass is 16.5. The van der Waals surface area contributed by atoms with Gasteiger partial charge in [-0.2, -0.15) is 0 Å². The number of rotatable bonds is 3. The Hall–Kier alpha value is -1.88. The lowest BCUT2D eigenvalue weighted by Crippen LogP contribution is -2.22. The van der Waals surface area contributed by atoms with Gasteiger partial charge in [0, 0.05) is 5.56 Å². The van der Waals surface area contributed by atoms with Crippen LogP contribution in [0, 0.1) is 0 Å². The van der Waals surface area contributed by atoms with Gasteiger partial charge in [0.15, 0.2) is 0 Å². The van der Waals surface area contributed by atoms with Crippen LogP contribution in [-0.4, -0.2) is 19.0 Å². The zero-order chi connectivity index (χ0) is 11.4. The Morgan fingerprint density at radius 2 is 1.80 bits per heavy atom. The summed E-state index contributed by atoms with van der Waals surface area (Å²) in [6, 6.07) is 5.33. The molecule has 0 aliphatic carbocycles. The first kappa shape index (κ1) is 11.2. The lowest BCUT2D eigenvalue weighted by atomic mass is 10.1. The van der Waals surface area contributed by atoms with Gasteiger partial charge in [-0.05, 0) is 17.7 Å². The lowest BCUT2D eigenvalue weighted by molar-refractivity contribution is -0.142. The molecule has 0 radical (unpaired) electrons. The second kappa shape index (κ2) is 4.56. The number of methoxy groups -OCH3 is 1. The van der Waals surface area contributed by atoms with E-state index in [-0.39, 0.29) is 0 Å². The largest absolute Gasteiger partial charge is 0.468 e. The van der Waals surface area contributed by atoms with Gasteiger partial charge in [0.05, 0.1) is 7.11 Å². The number of ether oxygens (including phenoxy) is 1. The molecule has 1 rings (SSSR count). The number of nitrogens with two attached hydrogens (primary N) is 2. The third kappa shape index (κ3) is 2.54. The summed E-state index contributed by atoms with van der Waals surface area (Å²) in [5.74, 6) is -1.05. The molecule has 0 saturated heterocycles. The monoisotopic (exact) mass is 208 g/mol. The van der Waals surface area contributed by atoms with E-state index in [0.717, 1.165) is 0 Å². The number of hydrogen-bond donors (Lipinski definition) is 2. The number of amides is 1. The van der Waals surface area contributed by atoms with Crippen molar-refractivity contribution in [2.24, 2.45) is 11.5 Å². The number of hydrogen-bond acceptors (Lipinski definition) is 4. The fraction of sp³-hybridized carbons (Fsp3) is 0.200. The summed E-state index contributed by atoms with van der Waals surface area (Å²) in [4.78, 5) is 21.9. The van der Waals surface area contributed by atoms with Gasteiger partial charge in [-0.15, -0.1) is 0 Å². The molecule has 1 aromatic rings. The smallest absolute Gasteiger partial charge is 0.327 e. The predicted molar refractivity (Wildman–Crippen MR) is 53.9 cm³/mol. The zero-order valence-electron chi connectivity index (χ0n) is 8.27. The topological polar surface area (TPSA) is 95.4 Å². The Labute approximate surface area is 87.0 Å². The average Bonchev–Trinajstić information content (AvgIpc) is 2.27. The molecule has 1 atom stereocenters. The Kier molecular flexibility index (Phi) is 3.41. The van der Waals surface area contributed by atoms with Crippen molar-refractivity contribution in [1.82, 2.24) is 0 Å². The second-order valence-electron chi connectivity index (χ2n) is 2.99. The Morgan fingerprint density at radius 3 is 2.20 bits per heavy atom. The van der Waals surface area contributed by atoms with Crippen LogP contribution in [-0.2, 0) is 9.53 Å². The maximum atomic E-state index is 11.1. The fourth-order valence-electron chi connectivity index (χ4n) is 1.12. The SMILES string of the molecule is COC(=O)C(N)c1ccc(C(N)=O)cc1. The van der Waals surface area contributed by atoms with Gasteiger partial charge in [-0.1, -0.05) is 12.1 Å². The molecule has 0 aliphatic rings. The fourth-order valence-corrected chi connectivity index (χ4v) is 1.12. The van der Waals surface area contributed by atoms with Crippen LogP contribution in [0.4, 0.5) is 0 Å². The molecular weight excluding hydrogens is 196 g/mol. The van der Waals surface area contributed by atoms with Crippen LogP contribution in [0.2, 0.25) is 0 Å². The second-order valence-corrected chi connectivity index (χ2v) is 2.99. The first-order valence-electron chi connectivity index (χ1n) is 4.29. The highest BCUT2D eigenvalue weighted by Gasteiger charge is 2.15. The van der Waals surface area contributed by atoms with Crippen LogP contribution in [0.25, 0.3) is 0 Å². The van der Waals surface area contributed by atoms with Crippen molar-refractivity contribution in [3.8, 4) is 0 Å². The van der Waals surface area contributed by atoms with E-state index in [0.29, 0.717) is 11.1 Å². The van der Waals surface area contributed by atoms with Crippen molar-refractivity contribution in [2.45, 2.75) is 6.04 Å². The van der Waals surface area contributed by atoms with E-state index in [2.05, 4.69) is 4.74 Å². The molecule has 1 amide bonds. The molecule has 5 heteroatoms. The van der Waals surface area contributed by atoms with E-state index in [9.17, 15) is 9.59 Å². The maximum Gasteiger partial charge on any atom is 0.327 e. The van der Waals surface area contributed by atoms with Crippen LogP contribution in [0.3, 0.4) is 0 Å². The van der Waals surface area contributed by atoms with E-state index in [4.69, 9.17) is 11.5 Å². The summed E-state index contributed by atoms with van der Waals surface area (Å²) in [5, 5.41) is 0. The minimum atomic E-state index is -0.836. The van der Waals surface area contributed by atoms with E-state index in [1.807, 2.05) is 0 Å². The highest BCUT2D eigenvalue weighted by Crippen LogP contribution is 2.12. The number of benzene rings is 1. The van der Waals surface area contributed by atoms with Gasteiger partial charge in [-0.25, -0.2) is 0 Å². The van der Waals surface area contributed by atoms with Crippen molar-refractivity contribution in [3.05, 3.63) is 35.4 Å². The molecule has 0 saturated carbocycles. The normalized spacial score (nSPS) is 11.9. The van der Waals surface area contributed by atoms with Crippen molar-refractivity contribution in [2.75, 3.05) is 7.11 Å². The van der Waals surface area contributed by atoms with E-state index < -0.39 is 17.9 Å². The van der Waals surface area contributed by atoms with Crippen molar-refractivity contribution in [3.63, 3.8) is 0 Å². The van der Waals surface area contributed by atoms with Crippen molar-refractivity contribution >= 4 is 11.9 Å². The third-order valence-electron chi connectivity index (χ3n) is 2.01. The number of esters is 1. The van der Waals surface area contributed by atoms with Gasteiger partial charge in [-0.3, -0.25) is 9.59 Å². The van der Waals surface area contributed by atoms with Crippen LogP contribution >= 0.6 is 0 Å². The zero-order valence-corrected chi connectivity index (χ0v) is 8.27. The first-order chi connectivity index (χ1) is 7.06. The molecule has 0 heterocycles. The Balaban J connectivity index is 2.89. The number of carbonyl (C=O) groups is 2. The predicted octanol–water partition coefficient (Wildman–Crippen LogP) is -0.0417. The molecule has 0 spiro atoms. The van der Waals surface area contributed by atoms with Gasteiger partial charge in [0.25, 0.3) is 0 Å². The van der Waals surface area contributed by atoms with Gasteiger partial charge >= 0.3 is 5.97 Å². The summed E-state index contributed by atoms with van der Waals surface area (Å²) in [5.41, 5.74) is 11.6. The van der Waals surface area contributed by atoms with Crippen LogP contribution in [0.15, 0.2) is 24.3 Å². The highest BCUT2D eigenvalue weighted by molar-refractivity contribution is 5.92. The van der Waals surface area contributed by atoms with Crippen molar-refractivity contribution < 1.29 is 14.3 Å². The minimum Gasteiger partial charge on any atom is -0.468 e. The molecule has 1 unspecified atom stereocenters. The van der Waals surface area contributed by atoms with Gasteiger partial charge < -0.3 is 16.2 Å². The van der Waals surface area contributed by atoms with Crippen molar-refractivity contribution in [1.29, 1.82) is 0 Å². The van der Waals surface area contributed by atoms with E-state index in [1.165, 1.54) is 19.2 Å². The van der Waals surface area contributed by atoms with Gasteiger partial charge in [0.2, 0.25) is 5.91 Å². The minimum absolute atomic E-state index is 0.371. The average molecular weight is 208 g/mol. The molecule has 0 aromatic heterocycles. The summed E-state index contributed by atoms with van der Waals surface area (Å²) in [7, 11) is 1.26. The van der Waals surface area contributed by atoms with Crippen LogP contribution < -0.4 is 11.5 Å². The van der Waals surface area contributed by atoms with E-state index in [1.54, 1.807) is 12.1 Å². The molecular formula is C10H12N2O3. The quantitative estimate of drug-likeness (QED) is 0.681. The maximum absolute atomic E-state index is 11.1.